The molecule has 0 amide bonds. The molecule has 32 valence electrons. The van der Waals surface area contributed by atoms with Crippen LogP contribution >= 0.6 is 0 Å². The molecule has 0 N–H and O–H groups in total. The number of hydrogen-bond acceptors (Lipinski definition) is 2. The Morgan fingerprint density at radius 3 is 1.00 bits per heavy atom. The van der Waals surface area contributed by atoms with Crippen molar-refractivity contribution in [2.45, 2.75) is 0 Å². The van der Waals surface area contributed by atoms with Crippen molar-refractivity contribution in [3.05, 3.63) is 0 Å². The summed E-state index contributed by atoms with van der Waals surface area (Å²) in [7, 11) is 0. The van der Waals surface area contributed by atoms with E-state index in [0.717, 1.165) is 0 Å². The van der Waals surface area contributed by atoms with Gasteiger partial charge in [0.15, 0.2) is 0 Å². The second-order valence-electron chi connectivity index (χ2n) is 0.183. The van der Waals surface area contributed by atoms with Crippen molar-refractivity contribution < 1.29 is 0 Å². The molecule has 0 saturated carbocycles. The van der Waals surface area contributed by atoms with Crippen molar-refractivity contribution >= 4 is 55.1 Å². The van der Waals surface area contributed by atoms with Gasteiger partial charge in [-0.3, -0.25) is 0 Å². The standard InChI is InChI=1S/2CHNSe.Mg/c2*2-1-3;/h2*3H;/q;;+2/p-2. The molecule has 5 heteroatoms. The van der Waals surface area contributed by atoms with Gasteiger partial charge in [0.2, 0.25) is 0 Å². The number of rotatable bonds is 0. The van der Waals surface area contributed by atoms with E-state index in [1.54, 1.807) is 9.94 Å². The van der Waals surface area contributed by atoms with E-state index in [1.807, 2.05) is 0 Å². The zero-order chi connectivity index (χ0) is 5.41. The minimum atomic E-state index is 0. The quantitative estimate of drug-likeness (QED) is 0.499. The average molecular weight is 234 g/mol. The Bertz CT molecular complexity index is 68.7. The van der Waals surface area contributed by atoms with E-state index in [-0.39, 0.29) is 23.1 Å². The summed E-state index contributed by atoms with van der Waals surface area (Å²) in [6.45, 7) is 0. The number of nitriles is 2. The molecule has 0 fully saturated rings. The molecular formula is C2MgN2Se2. The predicted molar refractivity (Wildman–Crippen MR) is 28.5 cm³/mol. The molecule has 0 aromatic heterocycles. The Morgan fingerprint density at radius 2 is 1.00 bits per heavy atom. The minimum absolute atomic E-state index is 0. The molecule has 7 heavy (non-hydrogen) atoms. The smallest absolute Gasteiger partial charge is 2.00 e. The van der Waals surface area contributed by atoms with Crippen LogP contribution < -0.4 is 0 Å². The first-order chi connectivity index (χ1) is 2.83. The maximum Gasteiger partial charge on any atom is 2.00 e. The summed E-state index contributed by atoms with van der Waals surface area (Å²) < 4.78 is 0. The first kappa shape index (κ1) is 15.7. The van der Waals surface area contributed by atoms with Crippen LogP contribution in [0.5, 0.6) is 0 Å². The molecule has 0 rings (SSSR count). The monoisotopic (exact) mass is 236 g/mol. The fourth-order valence-corrected chi connectivity index (χ4v) is 0. The molecule has 0 aromatic rings. The van der Waals surface area contributed by atoms with Crippen molar-refractivity contribution in [2.24, 2.45) is 0 Å². The topological polar surface area (TPSA) is 47.6 Å². The van der Waals surface area contributed by atoms with Crippen LogP contribution in [0.25, 0.3) is 0 Å². The molecule has 0 atom stereocenters. The SMILES string of the molecule is N#C[Se-].N#C[Se-].[Mg+2]. The maximum atomic E-state index is 7.26. The first-order valence-corrected chi connectivity index (χ1v) is 2.57. The van der Waals surface area contributed by atoms with Crippen molar-refractivity contribution in [3.63, 3.8) is 0 Å². The maximum absolute atomic E-state index is 7.26. The van der Waals surface area contributed by atoms with Gasteiger partial charge < -0.3 is 0 Å². The largest absolute Gasteiger partial charge is 2.00 e. The van der Waals surface area contributed by atoms with Crippen LogP contribution in [0.2, 0.25) is 0 Å². The molecule has 0 saturated heterocycles. The number of hydrogen-bond donors (Lipinski definition) is 0. The summed E-state index contributed by atoms with van der Waals surface area (Å²) in [6, 6.07) is 0. The summed E-state index contributed by atoms with van der Waals surface area (Å²) in [5.41, 5.74) is 0. The second-order valence-corrected chi connectivity index (χ2v) is 0.949. The van der Waals surface area contributed by atoms with Gasteiger partial charge in [0.1, 0.15) is 0 Å². The molecule has 0 aliphatic heterocycles. The van der Waals surface area contributed by atoms with Gasteiger partial charge in [-0.2, -0.15) is 0 Å². The summed E-state index contributed by atoms with van der Waals surface area (Å²) >= 11 is 4.22. The third kappa shape index (κ3) is 252. The summed E-state index contributed by atoms with van der Waals surface area (Å²) in [5.74, 6) is 0. The van der Waals surface area contributed by atoms with Crippen molar-refractivity contribution in [2.75, 3.05) is 0 Å². The van der Waals surface area contributed by atoms with Crippen LogP contribution in [0.3, 0.4) is 0 Å². The molecule has 0 bridgehead atoms. The zero-order valence-electron chi connectivity index (χ0n) is 3.42. The van der Waals surface area contributed by atoms with Crippen LogP contribution in [0, 0.1) is 20.5 Å². The predicted octanol–water partition coefficient (Wildman–Crippen LogP) is -1.11. The van der Waals surface area contributed by atoms with E-state index in [0.29, 0.717) is 0 Å². The van der Waals surface area contributed by atoms with E-state index in [9.17, 15) is 0 Å². The van der Waals surface area contributed by atoms with Gasteiger partial charge >= 0.3 is 75.5 Å². The van der Waals surface area contributed by atoms with Crippen LogP contribution in [0.15, 0.2) is 0 Å². The fourth-order valence-electron chi connectivity index (χ4n) is 0. The molecule has 0 aliphatic rings. The zero-order valence-corrected chi connectivity index (χ0v) is 8.26. The van der Waals surface area contributed by atoms with E-state index in [1.165, 1.54) is 0 Å². The van der Waals surface area contributed by atoms with Crippen LogP contribution in [-0.4, -0.2) is 55.1 Å². The normalized spacial score (nSPS) is 2.00. The minimum Gasteiger partial charge on any atom is 2.00 e. The van der Waals surface area contributed by atoms with Crippen LogP contribution in [0.1, 0.15) is 0 Å². The second kappa shape index (κ2) is 29.3. The molecule has 2 nitrogen and oxygen atoms in total. The first-order valence-electron chi connectivity index (χ1n) is 0.855. The summed E-state index contributed by atoms with van der Waals surface area (Å²) in [4.78, 5) is 3.25. The van der Waals surface area contributed by atoms with Gasteiger partial charge in [-0.25, -0.2) is 0 Å². The Balaban J connectivity index is -0.0000000400. The van der Waals surface area contributed by atoms with E-state index in [2.05, 4.69) is 32.0 Å². The van der Waals surface area contributed by atoms with Crippen LogP contribution in [0.4, 0.5) is 0 Å². The number of nitrogens with zero attached hydrogens (tertiary/aromatic N) is 2. The van der Waals surface area contributed by atoms with E-state index < -0.39 is 0 Å². The molecule has 0 spiro atoms. The van der Waals surface area contributed by atoms with Gasteiger partial charge in [0.25, 0.3) is 0 Å². The van der Waals surface area contributed by atoms with Gasteiger partial charge in [-0.05, 0) is 0 Å². The third-order valence-electron chi connectivity index (χ3n) is 0. The molecule has 0 heterocycles. The van der Waals surface area contributed by atoms with Gasteiger partial charge in [0, 0.05) is 0 Å². The summed E-state index contributed by atoms with van der Waals surface area (Å²) in [5, 5.41) is 14.5. The molecular weight excluding hydrogens is 234 g/mol. The van der Waals surface area contributed by atoms with Crippen molar-refractivity contribution in [1.82, 2.24) is 0 Å². The molecule has 0 aromatic carbocycles. The van der Waals surface area contributed by atoms with E-state index >= 15 is 0 Å². The van der Waals surface area contributed by atoms with Crippen LogP contribution in [-0.2, 0) is 0 Å². The van der Waals surface area contributed by atoms with Gasteiger partial charge in [0.05, 0.1) is 0 Å². The Kier molecular flexibility index (Phi) is 65.5. The fraction of sp³-hybridized carbons (Fsp3) is 0. The third-order valence-corrected chi connectivity index (χ3v) is 0. The molecule has 0 unspecified atom stereocenters. The Morgan fingerprint density at radius 1 is 1.00 bits per heavy atom. The Hall–Kier alpha value is 0.785. The van der Waals surface area contributed by atoms with Crippen molar-refractivity contribution in [3.8, 4) is 9.94 Å². The average Bonchev–Trinajstić information content (AvgIpc) is 1.39. The molecule has 0 aliphatic carbocycles. The van der Waals surface area contributed by atoms with E-state index in [4.69, 9.17) is 10.5 Å². The molecule has 0 radical (unpaired) electrons. The van der Waals surface area contributed by atoms with Gasteiger partial charge in [-0.1, -0.05) is 0 Å². The van der Waals surface area contributed by atoms with Gasteiger partial charge in [-0.15, -0.1) is 0 Å². The summed E-state index contributed by atoms with van der Waals surface area (Å²) in [6.07, 6.45) is 0. The van der Waals surface area contributed by atoms with Crippen molar-refractivity contribution in [1.29, 1.82) is 10.5 Å². The Labute approximate surface area is 75.0 Å².